The summed E-state index contributed by atoms with van der Waals surface area (Å²) in [5, 5.41) is 0.999. The van der Waals surface area contributed by atoms with E-state index in [2.05, 4.69) is 22.9 Å². The average molecular weight is 245 g/mol. The Morgan fingerprint density at radius 3 is 2.69 bits per heavy atom. The molecule has 3 aliphatic rings. The van der Waals surface area contributed by atoms with Crippen molar-refractivity contribution in [1.82, 2.24) is 0 Å². The van der Waals surface area contributed by atoms with Crippen LogP contribution in [0.15, 0.2) is 0 Å². The fourth-order valence-corrected chi connectivity index (χ4v) is 3.82. The first kappa shape index (κ1) is 8.72. The largest absolute Gasteiger partial charge is 0.368 e. The van der Waals surface area contributed by atoms with Gasteiger partial charge in [0.15, 0.2) is 0 Å². The molecule has 3 rings (SSSR count). The molecule has 1 heterocycles. The fourth-order valence-electron chi connectivity index (χ4n) is 3.43. The third kappa shape index (κ3) is 1.14. The lowest BCUT2D eigenvalue weighted by atomic mass is 9.93. The molecule has 0 bridgehead atoms. The van der Waals surface area contributed by atoms with E-state index in [0.717, 1.165) is 17.2 Å². The molecule has 0 aromatic carbocycles. The Kier molecular flexibility index (Phi) is 1.69. The summed E-state index contributed by atoms with van der Waals surface area (Å²) >= 11 is 3.57. The minimum Gasteiger partial charge on any atom is -0.368 e. The zero-order valence-electron chi connectivity index (χ0n) is 8.18. The van der Waals surface area contributed by atoms with Gasteiger partial charge in [-0.25, -0.2) is 0 Å². The van der Waals surface area contributed by atoms with E-state index in [1.807, 2.05) is 0 Å². The summed E-state index contributed by atoms with van der Waals surface area (Å²) in [4.78, 5) is 0. The van der Waals surface area contributed by atoms with Gasteiger partial charge in [0.1, 0.15) is 0 Å². The monoisotopic (exact) mass is 244 g/mol. The molecule has 0 radical (unpaired) electrons. The first-order valence-corrected chi connectivity index (χ1v) is 6.56. The second kappa shape index (κ2) is 2.52. The summed E-state index contributed by atoms with van der Waals surface area (Å²) in [5.41, 5.74) is 0.463. The molecular weight excluding hydrogens is 228 g/mol. The smallest absolute Gasteiger partial charge is 0.0759 e. The van der Waals surface area contributed by atoms with Crippen molar-refractivity contribution >= 4 is 15.9 Å². The summed E-state index contributed by atoms with van der Waals surface area (Å²) in [6.07, 6.45) is 6.80. The standard InChI is InChI=1S/C11H17BrO/c1-10(7-12)4-5-11(13-10)3-2-8-6-9(8)11/h8-9H,2-7H2,1H3. The third-order valence-corrected chi connectivity index (χ3v) is 5.53. The molecule has 1 nitrogen and oxygen atoms in total. The maximum atomic E-state index is 6.35. The van der Waals surface area contributed by atoms with Crippen LogP contribution in [0, 0.1) is 11.8 Å². The van der Waals surface area contributed by atoms with Crippen molar-refractivity contribution < 1.29 is 4.74 Å². The summed E-state index contributed by atoms with van der Waals surface area (Å²) in [6, 6.07) is 0. The predicted molar refractivity (Wildman–Crippen MR) is 56.1 cm³/mol. The van der Waals surface area contributed by atoms with Crippen molar-refractivity contribution in [3.63, 3.8) is 0 Å². The van der Waals surface area contributed by atoms with Gasteiger partial charge in [-0.05, 0) is 50.9 Å². The lowest BCUT2D eigenvalue weighted by Gasteiger charge is -2.30. The van der Waals surface area contributed by atoms with E-state index in [9.17, 15) is 0 Å². The van der Waals surface area contributed by atoms with E-state index >= 15 is 0 Å². The van der Waals surface area contributed by atoms with Gasteiger partial charge in [-0.1, -0.05) is 15.9 Å². The number of halogens is 1. The van der Waals surface area contributed by atoms with Crippen molar-refractivity contribution in [2.24, 2.45) is 11.8 Å². The topological polar surface area (TPSA) is 9.23 Å². The van der Waals surface area contributed by atoms with Gasteiger partial charge in [-0.3, -0.25) is 0 Å². The molecule has 2 heteroatoms. The van der Waals surface area contributed by atoms with Gasteiger partial charge in [0.2, 0.25) is 0 Å². The Bertz CT molecular complexity index is 242. The highest BCUT2D eigenvalue weighted by molar-refractivity contribution is 9.09. The van der Waals surface area contributed by atoms with Crippen LogP contribution in [0.4, 0.5) is 0 Å². The Labute approximate surface area is 88.4 Å². The zero-order chi connectivity index (χ0) is 9.10. The Morgan fingerprint density at radius 1 is 1.38 bits per heavy atom. The second-order valence-electron chi connectivity index (χ2n) is 5.39. The molecule has 0 N–H and O–H groups in total. The highest BCUT2D eigenvalue weighted by atomic mass is 79.9. The molecule has 1 aliphatic heterocycles. The van der Waals surface area contributed by atoms with E-state index < -0.39 is 0 Å². The zero-order valence-corrected chi connectivity index (χ0v) is 9.77. The van der Waals surface area contributed by atoms with Crippen LogP contribution in [0.25, 0.3) is 0 Å². The maximum absolute atomic E-state index is 6.35. The van der Waals surface area contributed by atoms with Gasteiger partial charge < -0.3 is 4.74 Å². The van der Waals surface area contributed by atoms with Crippen LogP contribution in [-0.4, -0.2) is 16.5 Å². The average Bonchev–Trinajstić information content (AvgIpc) is 2.76. The maximum Gasteiger partial charge on any atom is 0.0759 e. The van der Waals surface area contributed by atoms with Gasteiger partial charge in [0.05, 0.1) is 11.2 Å². The Morgan fingerprint density at radius 2 is 2.23 bits per heavy atom. The molecule has 3 fully saturated rings. The van der Waals surface area contributed by atoms with Crippen LogP contribution in [0.2, 0.25) is 0 Å². The van der Waals surface area contributed by atoms with E-state index in [1.165, 1.54) is 32.1 Å². The van der Waals surface area contributed by atoms with Gasteiger partial charge in [-0.2, -0.15) is 0 Å². The minimum absolute atomic E-state index is 0.136. The molecule has 13 heavy (non-hydrogen) atoms. The fraction of sp³-hybridized carbons (Fsp3) is 1.00. The van der Waals surface area contributed by atoms with Crippen molar-refractivity contribution in [2.45, 2.75) is 50.2 Å². The van der Waals surface area contributed by atoms with E-state index in [-0.39, 0.29) is 5.60 Å². The van der Waals surface area contributed by atoms with Gasteiger partial charge in [0, 0.05) is 5.33 Å². The van der Waals surface area contributed by atoms with Crippen LogP contribution in [0.1, 0.15) is 39.0 Å². The number of hydrogen-bond donors (Lipinski definition) is 0. The highest BCUT2D eigenvalue weighted by Gasteiger charge is 2.62. The summed E-state index contributed by atoms with van der Waals surface area (Å²) in [6.45, 7) is 2.26. The van der Waals surface area contributed by atoms with E-state index in [1.54, 1.807) is 0 Å². The summed E-state index contributed by atoms with van der Waals surface area (Å²) < 4.78 is 6.35. The number of alkyl halides is 1. The Hall–Kier alpha value is 0.440. The first-order valence-electron chi connectivity index (χ1n) is 5.44. The number of hydrogen-bond acceptors (Lipinski definition) is 1. The third-order valence-electron chi connectivity index (χ3n) is 4.35. The van der Waals surface area contributed by atoms with E-state index in [4.69, 9.17) is 4.74 Å². The number of rotatable bonds is 1. The number of fused-ring (bicyclic) bond motifs is 2. The van der Waals surface area contributed by atoms with Crippen LogP contribution in [-0.2, 0) is 4.74 Å². The molecule has 1 spiro atoms. The SMILES string of the molecule is CC1(CBr)CCC2(CCC3CC32)O1. The first-order chi connectivity index (χ1) is 6.18. The van der Waals surface area contributed by atoms with Gasteiger partial charge >= 0.3 is 0 Å². The highest BCUT2D eigenvalue weighted by Crippen LogP contribution is 2.64. The number of ether oxygens (including phenoxy) is 1. The molecule has 4 unspecified atom stereocenters. The second-order valence-corrected chi connectivity index (χ2v) is 5.95. The summed E-state index contributed by atoms with van der Waals surface area (Å²) in [5.74, 6) is 1.98. The Balaban J connectivity index is 1.81. The van der Waals surface area contributed by atoms with Crippen molar-refractivity contribution in [1.29, 1.82) is 0 Å². The minimum atomic E-state index is 0.136. The van der Waals surface area contributed by atoms with Crippen LogP contribution < -0.4 is 0 Å². The quantitative estimate of drug-likeness (QED) is 0.645. The lowest BCUT2D eigenvalue weighted by Crippen LogP contribution is -2.35. The molecule has 0 aromatic heterocycles. The molecule has 1 saturated heterocycles. The van der Waals surface area contributed by atoms with Gasteiger partial charge in [0.25, 0.3) is 0 Å². The molecule has 0 amide bonds. The van der Waals surface area contributed by atoms with Crippen LogP contribution >= 0.6 is 15.9 Å². The van der Waals surface area contributed by atoms with E-state index in [0.29, 0.717) is 5.60 Å². The summed E-state index contributed by atoms with van der Waals surface area (Å²) in [7, 11) is 0. The molecule has 74 valence electrons. The molecule has 0 aromatic rings. The predicted octanol–water partition coefficient (Wildman–Crippen LogP) is 3.12. The van der Waals surface area contributed by atoms with Crippen molar-refractivity contribution in [2.75, 3.05) is 5.33 Å². The molecule has 4 atom stereocenters. The van der Waals surface area contributed by atoms with Crippen LogP contribution in [0.5, 0.6) is 0 Å². The van der Waals surface area contributed by atoms with Crippen LogP contribution in [0.3, 0.4) is 0 Å². The lowest BCUT2D eigenvalue weighted by molar-refractivity contribution is -0.0906. The van der Waals surface area contributed by atoms with Gasteiger partial charge in [-0.15, -0.1) is 0 Å². The van der Waals surface area contributed by atoms with Crippen molar-refractivity contribution in [3.8, 4) is 0 Å². The normalized spacial score (nSPS) is 58.6. The molecule has 2 aliphatic carbocycles. The molecule has 2 saturated carbocycles. The van der Waals surface area contributed by atoms with Crippen molar-refractivity contribution in [3.05, 3.63) is 0 Å². The molecular formula is C11H17BrO.